The van der Waals surface area contributed by atoms with Crippen molar-refractivity contribution in [2.24, 2.45) is 0 Å². The Hall–Kier alpha value is -1.55. The number of hydrogen-bond donors (Lipinski definition) is 2. The molecule has 0 heterocycles. The van der Waals surface area contributed by atoms with E-state index in [1.165, 1.54) is 5.56 Å². The molecule has 21 heavy (non-hydrogen) atoms. The number of carbonyl (C=O) groups is 1. The van der Waals surface area contributed by atoms with E-state index < -0.39 is 11.5 Å². The lowest BCUT2D eigenvalue weighted by atomic mass is 9.96. The highest BCUT2D eigenvalue weighted by Gasteiger charge is 2.37. The fourth-order valence-corrected chi connectivity index (χ4v) is 2.36. The number of nitrogens with one attached hydrogen (secondary N) is 1. The summed E-state index contributed by atoms with van der Waals surface area (Å²) in [6.07, 6.45) is 4.49. The smallest absolute Gasteiger partial charge is 0.323 e. The minimum absolute atomic E-state index is 0.383. The molecule has 1 aromatic rings. The van der Waals surface area contributed by atoms with Crippen LogP contribution in [0.4, 0.5) is 0 Å². The Bertz CT molecular complexity index is 467. The molecule has 1 atom stereocenters. The van der Waals surface area contributed by atoms with Crippen LogP contribution in [0, 0.1) is 0 Å². The molecule has 0 aliphatic heterocycles. The molecule has 0 spiro atoms. The van der Waals surface area contributed by atoms with Crippen molar-refractivity contribution >= 4 is 5.97 Å². The van der Waals surface area contributed by atoms with Crippen molar-refractivity contribution in [2.45, 2.75) is 57.5 Å². The fourth-order valence-electron chi connectivity index (χ4n) is 2.36. The number of hydrogen-bond acceptors (Lipinski definition) is 3. The van der Waals surface area contributed by atoms with Gasteiger partial charge in [-0.15, -0.1) is 0 Å². The molecule has 1 unspecified atom stereocenters. The quantitative estimate of drug-likeness (QED) is 0.687. The van der Waals surface area contributed by atoms with Gasteiger partial charge >= 0.3 is 5.97 Å². The van der Waals surface area contributed by atoms with Crippen LogP contribution in [-0.4, -0.2) is 29.3 Å². The highest BCUT2D eigenvalue weighted by Crippen LogP contribution is 2.25. The summed E-state index contributed by atoms with van der Waals surface area (Å²) >= 11 is 0. The molecule has 0 bridgehead atoms. The van der Waals surface area contributed by atoms with Crippen LogP contribution in [0.3, 0.4) is 0 Å². The maximum Gasteiger partial charge on any atom is 0.323 e. The van der Waals surface area contributed by atoms with Gasteiger partial charge < -0.3 is 9.84 Å². The molecule has 2 N–H and O–H groups in total. The maximum atomic E-state index is 11.4. The van der Waals surface area contributed by atoms with Crippen LogP contribution in [0.15, 0.2) is 24.3 Å². The SMILES string of the molecule is CCc1ccc(OCCCC(C)(NC2CC2)C(=O)O)cc1. The van der Waals surface area contributed by atoms with Crippen molar-refractivity contribution < 1.29 is 14.6 Å². The van der Waals surface area contributed by atoms with Gasteiger partial charge in [-0.25, -0.2) is 0 Å². The summed E-state index contributed by atoms with van der Waals surface area (Å²) in [4.78, 5) is 11.4. The zero-order valence-corrected chi connectivity index (χ0v) is 12.9. The van der Waals surface area contributed by atoms with Gasteiger partial charge in [-0.05, 0) is 56.7 Å². The molecular weight excluding hydrogens is 266 g/mol. The number of benzene rings is 1. The lowest BCUT2D eigenvalue weighted by molar-refractivity contribution is -0.144. The summed E-state index contributed by atoms with van der Waals surface area (Å²) in [5.74, 6) is 0.0704. The van der Waals surface area contributed by atoms with Crippen molar-refractivity contribution in [1.82, 2.24) is 5.32 Å². The average Bonchev–Trinajstić information content (AvgIpc) is 3.28. The van der Waals surface area contributed by atoms with Crippen LogP contribution >= 0.6 is 0 Å². The molecule has 1 saturated carbocycles. The van der Waals surface area contributed by atoms with Crippen LogP contribution in [0.25, 0.3) is 0 Å². The van der Waals surface area contributed by atoms with E-state index in [1.54, 1.807) is 6.92 Å². The number of ether oxygens (including phenoxy) is 1. The number of aliphatic carboxylic acids is 1. The largest absolute Gasteiger partial charge is 0.494 e. The van der Waals surface area contributed by atoms with Gasteiger partial charge in [0.2, 0.25) is 0 Å². The first-order valence-electron chi connectivity index (χ1n) is 7.76. The molecular formula is C17H25NO3. The number of aryl methyl sites for hydroxylation is 1. The van der Waals surface area contributed by atoms with Gasteiger partial charge in [0.1, 0.15) is 11.3 Å². The van der Waals surface area contributed by atoms with Crippen LogP contribution in [-0.2, 0) is 11.2 Å². The lowest BCUT2D eigenvalue weighted by Crippen LogP contribution is -2.50. The van der Waals surface area contributed by atoms with E-state index in [2.05, 4.69) is 24.4 Å². The van der Waals surface area contributed by atoms with Crippen molar-refractivity contribution in [3.8, 4) is 5.75 Å². The Kier molecular flexibility index (Phi) is 5.23. The molecule has 1 aliphatic carbocycles. The lowest BCUT2D eigenvalue weighted by Gasteiger charge is -2.26. The van der Waals surface area contributed by atoms with Gasteiger partial charge in [0, 0.05) is 6.04 Å². The zero-order chi connectivity index (χ0) is 15.3. The summed E-state index contributed by atoms with van der Waals surface area (Å²) < 4.78 is 5.68. The minimum Gasteiger partial charge on any atom is -0.494 e. The average molecular weight is 291 g/mol. The summed E-state index contributed by atoms with van der Waals surface area (Å²) in [5.41, 5.74) is 0.450. The molecule has 1 aromatic carbocycles. The molecule has 1 aliphatic rings. The Morgan fingerprint density at radius 1 is 1.38 bits per heavy atom. The van der Waals surface area contributed by atoms with Gasteiger partial charge in [-0.2, -0.15) is 0 Å². The van der Waals surface area contributed by atoms with E-state index in [0.29, 0.717) is 19.1 Å². The van der Waals surface area contributed by atoms with Crippen LogP contribution in [0.2, 0.25) is 0 Å². The van der Waals surface area contributed by atoms with Crippen LogP contribution < -0.4 is 10.1 Å². The van der Waals surface area contributed by atoms with E-state index in [1.807, 2.05) is 12.1 Å². The molecule has 0 saturated heterocycles. The van der Waals surface area contributed by atoms with Crippen molar-refractivity contribution in [1.29, 1.82) is 0 Å². The predicted octanol–water partition coefficient (Wildman–Crippen LogP) is 3.00. The third kappa shape index (κ3) is 4.74. The second-order valence-electron chi connectivity index (χ2n) is 6.01. The molecule has 0 aromatic heterocycles. The third-order valence-corrected chi connectivity index (χ3v) is 3.99. The first-order chi connectivity index (χ1) is 10.0. The fraction of sp³-hybridized carbons (Fsp3) is 0.588. The van der Waals surface area contributed by atoms with E-state index in [0.717, 1.165) is 31.4 Å². The molecule has 4 nitrogen and oxygen atoms in total. The van der Waals surface area contributed by atoms with Crippen molar-refractivity contribution in [3.63, 3.8) is 0 Å². The first-order valence-corrected chi connectivity index (χ1v) is 7.76. The molecule has 4 heteroatoms. The summed E-state index contributed by atoms with van der Waals surface area (Å²) in [7, 11) is 0. The Morgan fingerprint density at radius 2 is 2.05 bits per heavy atom. The zero-order valence-electron chi connectivity index (χ0n) is 12.9. The molecule has 0 amide bonds. The van der Waals surface area contributed by atoms with E-state index in [9.17, 15) is 9.90 Å². The Labute approximate surface area is 126 Å². The normalized spacial score (nSPS) is 17.2. The highest BCUT2D eigenvalue weighted by atomic mass is 16.5. The topological polar surface area (TPSA) is 58.6 Å². The van der Waals surface area contributed by atoms with Crippen LogP contribution in [0.5, 0.6) is 5.75 Å². The molecule has 1 fully saturated rings. The third-order valence-electron chi connectivity index (χ3n) is 3.99. The molecule has 116 valence electrons. The van der Waals surface area contributed by atoms with E-state index >= 15 is 0 Å². The highest BCUT2D eigenvalue weighted by molar-refractivity contribution is 5.78. The maximum absolute atomic E-state index is 11.4. The minimum atomic E-state index is -0.837. The monoisotopic (exact) mass is 291 g/mol. The Balaban J connectivity index is 1.75. The summed E-state index contributed by atoms with van der Waals surface area (Å²) in [6, 6.07) is 8.44. The van der Waals surface area contributed by atoms with Crippen molar-refractivity contribution in [3.05, 3.63) is 29.8 Å². The second-order valence-corrected chi connectivity index (χ2v) is 6.01. The van der Waals surface area contributed by atoms with Gasteiger partial charge in [0.25, 0.3) is 0 Å². The summed E-state index contributed by atoms with van der Waals surface area (Å²) in [5, 5.41) is 12.6. The number of carboxylic acid groups (broad SMARTS) is 1. The van der Waals surface area contributed by atoms with Gasteiger partial charge in [0.15, 0.2) is 0 Å². The predicted molar refractivity (Wildman–Crippen MR) is 82.7 cm³/mol. The Morgan fingerprint density at radius 3 is 2.57 bits per heavy atom. The van der Waals surface area contributed by atoms with Crippen molar-refractivity contribution in [2.75, 3.05) is 6.61 Å². The molecule has 2 rings (SSSR count). The number of rotatable bonds is 9. The summed E-state index contributed by atoms with van der Waals surface area (Å²) in [6.45, 7) is 4.43. The standard InChI is InChI=1S/C17H25NO3/c1-3-13-5-9-15(10-6-13)21-12-4-11-17(2,16(19)20)18-14-7-8-14/h5-6,9-10,14,18H,3-4,7-8,11-12H2,1-2H3,(H,19,20). The van der Waals surface area contributed by atoms with Crippen LogP contribution in [0.1, 0.15) is 45.1 Å². The van der Waals surface area contributed by atoms with Gasteiger partial charge in [-0.1, -0.05) is 19.1 Å². The van der Waals surface area contributed by atoms with E-state index in [-0.39, 0.29) is 0 Å². The second kappa shape index (κ2) is 6.94. The first kappa shape index (κ1) is 15.8. The van der Waals surface area contributed by atoms with Gasteiger partial charge in [-0.3, -0.25) is 10.1 Å². The van der Waals surface area contributed by atoms with E-state index in [4.69, 9.17) is 4.74 Å². The molecule has 0 radical (unpaired) electrons. The van der Waals surface area contributed by atoms with Gasteiger partial charge in [0.05, 0.1) is 6.61 Å². The number of carboxylic acids is 1.